The van der Waals surface area contributed by atoms with Crippen molar-refractivity contribution in [3.05, 3.63) is 78.0 Å². The highest BCUT2D eigenvalue weighted by molar-refractivity contribution is 14.0. The number of para-hydroxylation sites is 1. The second-order valence-electron chi connectivity index (χ2n) is 6.64. The maximum absolute atomic E-state index is 10.3. The molecule has 0 amide bonds. The monoisotopic (exact) mass is 504 g/mol. The van der Waals surface area contributed by atoms with Gasteiger partial charge in [0.15, 0.2) is 5.96 Å². The zero-order valence-electron chi connectivity index (χ0n) is 16.7. The summed E-state index contributed by atoms with van der Waals surface area (Å²) >= 11 is 0. The van der Waals surface area contributed by atoms with Gasteiger partial charge in [0, 0.05) is 31.2 Å². The van der Waals surface area contributed by atoms with Crippen molar-refractivity contribution >= 4 is 40.8 Å². The number of fused-ring (bicyclic) bond motifs is 1. The topological polar surface area (TPSA) is 69.5 Å². The van der Waals surface area contributed by atoms with E-state index in [1.165, 1.54) is 5.56 Å². The van der Waals surface area contributed by atoms with E-state index in [2.05, 4.69) is 44.9 Å². The fourth-order valence-electron chi connectivity index (χ4n) is 3.17. The van der Waals surface area contributed by atoms with Crippen LogP contribution in [-0.4, -0.2) is 35.7 Å². The Morgan fingerprint density at radius 1 is 1.03 bits per heavy atom. The second kappa shape index (κ2) is 12.4. The maximum atomic E-state index is 10.3. The first kappa shape index (κ1) is 23.1. The van der Waals surface area contributed by atoms with Crippen LogP contribution in [0.3, 0.4) is 0 Å². The number of benzene rings is 2. The highest BCUT2D eigenvalue weighted by Gasteiger charge is 2.07. The normalized spacial score (nSPS) is 12.3. The molecule has 2 aromatic carbocycles. The molecule has 0 aliphatic rings. The van der Waals surface area contributed by atoms with Gasteiger partial charge in [-0.25, -0.2) is 0 Å². The Morgan fingerprint density at radius 3 is 2.62 bits per heavy atom. The van der Waals surface area contributed by atoms with E-state index >= 15 is 0 Å². The lowest BCUT2D eigenvalue weighted by atomic mass is 10.1. The molecule has 3 aromatic rings. The van der Waals surface area contributed by atoms with E-state index in [4.69, 9.17) is 0 Å². The number of pyridine rings is 1. The molecule has 0 saturated carbocycles. The van der Waals surface area contributed by atoms with Gasteiger partial charge in [-0.05, 0) is 37.0 Å². The summed E-state index contributed by atoms with van der Waals surface area (Å²) in [6, 6.07) is 20.0. The van der Waals surface area contributed by atoms with Crippen LogP contribution in [0.2, 0.25) is 0 Å². The van der Waals surface area contributed by atoms with Crippen LogP contribution in [0.4, 0.5) is 0 Å². The Kier molecular flexibility index (Phi) is 9.87. The predicted octanol–water partition coefficient (Wildman–Crippen LogP) is 4.07. The molecule has 5 nitrogen and oxygen atoms in total. The van der Waals surface area contributed by atoms with Crippen LogP contribution in [0, 0.1) is 0 Å². The largest absolute Gasteiger partial charge is 0.388 e. The first-order valence-corrected chi connectivity index (χ1v) is 9.85. The van der Waals surface area contributed by atoms with Gasteiger partial charge >= 0.3 is 0 Å². The standard InChI is InChI=1S/C23H28N4O.HI/c1-2-24-23(27-17-14-21(28)18-8-4-3-5-9-18)26-16-13-20-11-6-10-19-12-7-15-25-22(19)20;/h3-12,15,21,28H,2,13-14,16-17H2,1H3,(H2,24,26,27);1H. The van der Waals surface area contributed by atoms with Gasteiger partial charge in [-0.3, -0.25) is 9.98 Å². The summed E-state index contributed by atoms with van der Waals surface area (Å²) < 4.78 is 0. The number of aromatic nitrogens is 1. The summed E-state index contributed by atoms with van der Waals surface area (Å²) in [6.07, 6.45) is 2.80. The van der Waals surface area contributed by atoms with Gasteiger partial charge in [0.05, 0.1) is 11.6 Å². The van der Waals surface area contributed by atoms with Gasteiger partial charge in [-0.15, -0.1) is 24.0 Å². The van der Waals surface area contributed by atoms with Crippen molar-refractivity contribution in [1.82, 2.24) is 15.6 Å². The molecule has 0 aliphatic heterocycles. The summed E-state index contributed by atoms with van der Waals surface area (Å²) in [5.74, 6) is 0.774. The minimum Gasteiger partial charge on any atom is -0.388 e. The van der Waals surface area contributed by atoms with Crippen molar-refractivity contribution in [2.75, 3.05) is 19.6 Å². The van der Waals surface area contributed by atoms with E-state index < -0.39 is 6.10 Å². The molecule has 1 unspecified atom stereocenters. The summed E-state index contributed by atoms with van der Waals surface area (Å²) in [5, 5.41) is 18.1. The average Bonchev–Trinajstić information content (AvgIpc) is 2.74. The lowest BCUT2D eigenvalue weighted by Gasteiger charge is -2.13. The third-order valence-corrected chi connectivity index (χ3v) is 4.60. The quantitative estimate of drug-likeness (QED) is 0.246. The Hall–Kier alpha value is -2.19. The van der Waals surface area contributed by atoms with Crippen LogP contribution in [-0.2, 0) is 6.42 Å². The van der Waals surface area contributed by atoms with E-state index in [9.17, 15) is 5.11 Å². The number of aliphatic hydroxyl groups excluding tert-OH is 1. The number of halogens is 1. The predicted molar refractivity (Wildman–Crippen MR) is 131 cm³/mol. The molecule has 154 valence electrons. The molecule has 1 aromatic heterocycles. The Morgan fingerprint density at radius 2 is 1.83 bits per heavy atom. The van der Waals surface area contributed by atoms with Gasteiger partial charge in [-0.1, -0.05) is 54.6 Å². The van der Waals surface area contributed by atoms with E-state index in [1.54, 1.807) is 0 Å². The minimum absolute atomic E-state index is 0. The molecular formula is C23H29IN4O. The number of aliphatic imine (C=N–C) groups is 1. The smallest absolute Gasteiger partial charge is 0.191 e. The fourth-order valence-corrected chi connectivity index (χ4v) is 3.17. The van der Waals surface area contributed by atoms with Crippen LogP contribution < -0.4 is 10.6 Å². The van der Waals surface area contributed by atoms with Gasteiger partial charge in [0.2, 0.25) is 0 Å². The molecule has 0 aliphatic carbocycles. The number of guanidine groups is 1. The van der Waals surface area contributed by atoms with Crippen molar-refractivity contribution < 1.29 is 5.11 Å². The molecule has 1 atom stereocenters. The van der Waals surface area contributed by atoms with Crippen LogP contribution in [0.25, 0.3) is 10.9 Å². The molecule has 0 bridgehead atoms. The number of hydrogen-bond donors (Lipinski definition) is 3. The Bertz CT molecular complexity index is 896. The summed E-state index contributed by atoms with van der Waals surface area (Å²) in [5.41, 5.74) is 3.21. The van der Waals surface area contributed by atoms with Crippen molar-refractivity contribution in [3.63, 3.8) is 0 Å². The zero-order valence-corrected chi connectivity index (χ0v) is 19.0. The lowest BCUT2D eigenvalue weighted by molar-refractivity contribution is 0.170. The molecule has 29 heavy (non-hydrogen) atoms. The van der Waals surface area contributed by atoms with E-state index in [1.807, 2.05) is 49.5 Å². The van der Waals surface area contributed by atoms with E-state index in [0.717, 1.165) is 41.9 Å². The number of hydrogen-bond acceptors (Lipinski definition) is 3. The van der Waals surface area contributed by atoms with E-state index in [-0.39, 0.29) is 24.0 Å². The second-order valence-corrected chi connectivity index (χ2v) is 6.64. The molecule has 3 rings (SSSR count). The SMILES string of the molecule is CCNC(=NCCC(O)c1ccccc1)NCCc1cccc2cccnc12.I. The molecule has 3 N–H and O–H groups in total. The third kappa shape index (κ3) is 6.97. The number of aliphatic hydroxyl groups is 1. The van der Waals surface area contributed by atoms with Crippen LogP contribution >= 0.6 is 24.0 Å². The van der Waals surface area contributed by atoms with Crippen LogP contribution in [0.1, 0.15) is 30.6 Å². The molecule has 6 heteroatoms. The number of rotatable bonds is 8. The van der Waals surface area contributed by atoms with Gasteiger partial charge < -0.3 is 15.7 Å². The average molecular weight is 504 g/mol. The van der Waals surface area contributed by atoms with Crippen molar-refractivity contribution in [2.24, 2.45) is 4.99 Å². The molecular weight excluding hydrogens is 475 g/mol. The highest BCUT2D eigenvalue weighted by Crippen LogP contribution is 2.16. The third-order valence-electron chi connectivity index (χ3n) is 4.60. The first-order chi connectivity index (χ1) is 13.8. The van der Waals surface area contributed by atoms with Crippen LogP contribution in [0.5, 0.6) is 0 Å². The Balaban J connectivity index is 0.00000300. The van der Waals surface area contributed by atoms with Gasteiger partial charge in [-0.2, -0.15) is 0 Å². The fraction of sp³-hybridized carbons (Fsp3) is 0.304. The molecule has 0 fully saturated rings. The van der Waals surface area contributed by atoms with Gasteiger partial charge in [0.25, 0.3) is 0 Å². The minimum atomic E-state index is -0.491. The molecule has 0 radical (unpaired) electrons. The Labute approximate surface area is 189 Å². The summed E-state index contributed by atoms with van der Waals surface area (Å²) in [7, 11) is 0. The summed E-state index contributed by atoms with van der Waals surface area (Å²) in [4.78, 5) is 9.10. The zero-order chi connectivity index (χ0) is 19.6. The first-order valence-electron chi connectivity index (χ1n) is 9.85. The van der Waals surface area contributed by atoms with Crippen molar-refractivity contribution in [2.45, 2.75) is 25.9 Å². The molecule has 0 saturated heterocycles. The van der Waals surface area contributed by atoms with Crippen molar-refractivity contribution in [3.8, 4) is 0 Å². The molecule has 1 heterocycles. The van der Waals surface area contributed by atoms with E-state index in [0.29, 0.717) is 13.0 Å². The van der Waals surface area contributed by atoms with Crippen molar-refractivity contribution in [1.29, 1.82) is 0 Å². The molecule has 0 spiro atoms. The summed E-state index contributed by atoms with van der Waals surface area (Å²) in [6.45, 7) is 4.16. The number of nitrogens with one attached hydrogen (secondary N) is 2. The number of nitrogens with zero attached hydrogens (tertiary/aromatic N) is 2. The van der Waals surface area contributed by atoms with Crippen LogP contribution in [0.15, 0.2) is 71.9 Å². The van der Waals surface area contributed by atoms with Gasteiger partial charge in [0.1, 0.15) is 0 Å². The highest BCUT2D eigenvalue weighted by atomic mass is 127. The lowest BCUT2D eigenvalue weighted by Crippen LogP contribution is -2.38. The maximum Gasteiger partial charge on any atom is 0.191 e.